The lowest BCUT2D eigenvalue weighted by Crippen LogP contribution is -1.96. The molecule has 0 amide bonds. The minimum absolute atomic E-state index is 0.141. The molecule has 2 aromatic carbocycles. The van der Waals surface area contributed by atoms with Crippen LogP contribution in [-0.2, 0) is 0 Å². The Morgan fingerprint density at radius 2 is 1.83 bits per heavy atom. The van der Waals surface area contributed by atoms with Crippen LogP contribution in [0.3, 0.4) is 0 Å². The standard InChI is InChI=1S/C15H14BrClO/c1-2-18-14-9-8-12(10-13(14)16)15(17)11-6-4-3-5-7-11/h3-10,15H,2H2,1H3. The van der Waals surface area contributed by atoms with Gasteiger partial charge in [0.2, 0.25) is 0 Å². The van der Waals surface area contributed by atoms with Crippen molar-refractivity contribution in [1.29, 1.82) is 0 Å². The van der Waals surface area contributed by atoms with E-state index in [-0.39, 0.29) is 5.38 Å². The summed E-state index contributed by atoms with van der Waals surface area (Å²) in [6.45, 7) is 2.62. The third kappa shape index (κ3) is 3.06. The first kappa shape index (κ1) is 13.4. The molecule has 0 aliphatic carbocycles. The van der Waals surface area contributed by atoms with E-state index in [1.807, 2.05) is 55.5 Å². The maximum atomic E-state index is 6.47. The highest BCUT2D eigenvalue weighted by molar-refractivity contribution is 9.10. The van der Waals surface area contributed by atoms with Crippen LogP contribution in [0.1, 0.15) is 23.4 Å². The molecule has 0 saturated heterocycles. The second-order valence-corrected chi connectivity index (χ2v) is 5.19. The van der Waals surface area contributed by atoms with Gasteiger partial charge in [0, 0.05) is 0 Å². The first-order chi connectivity index (χ1) is 8.72. The summed E-state index contributed by atoms with van der Waals surface area (Å²) in [5.74, 6) is 0.846. The second kappa shape index (κ2) is 6.26. The molecule has 18 heavy (non-hydrogen) atoms. The Balaban J connectivity index is 2.26. The van der Waals surface area contributed by atoms with E-state index in [1.165, 1.54) is 0 Å². The molecule has 0 heterocycles. The van der Waals surface area contributed by atoms with E-state index in [2.05, 4.69) is 15.9 Å². The van der Waals surface area contributed by atoms with Gasteiger partial charge >= 0.3 is 0 Å². The zero-order chi connectivity index (χ0) is 13.0. The van der Waals surface area contributed by atoms with Crippen LogP contribution in [0.15, 0.2) is 53.0 Å². The van der Waals surface area contributed by atoms with Crippen molar-refractivity contribution in [2.24, 2.45) is 0 Å². The Morgan fingerprint density at radius 3 is 2.44 bits per heavy atom. The molecule has 3 heteroatoms. The van der Waals surface area contributed by atoms with Crippen molar-refractivity contribution in [3.05, 3.63) is 64.1 Å². The molecule has 0 spiro atoms. The first-order valence-electron chi connectivity index (χ1n) is 5.83. The number of alkyl halides is 1. The molecule has 1 nitrogen and oxygen atoms in total. The normalized spacial score (nSPS) is 12.2. The van der Waals surface area contributed by atoms with Gasteiger partial charge in [-0.1, -0.05) is 36.4 Å². The van der Waals surface area contributed by atoms with Gasteiger partial charge < -0.3 is 4.74 Å². The Labute approximate surface area is 121 Å². The van der Waals surface area contributed by atoms with Crippen molar-refractivity contribution in [1.82, 2.24) is 0 Å². The lowest BCUT2D eigenvalue weighted by atomic mass is 10.0. The molecular weight excluding hydrogens is 312 g/mol. The Kier molecular flexibility index (Phi) is 4.67. The Hall–Kier alpha value is -0.990. The van der Waals surface area contributed by atoms with E-state index in [4.69, 9.17) is 16.3 Å². The van der Waals surface area contributed by atoms with Crippen LogP contribution >= 0.6 is 27.5 Å². The van der Waals surface area contributed by atoms with Crippen molar-refractivity contribution < 1.29 is 4.74 Å². The topological polar surface area (TPSA) is 9.23 Å². The Bertz CT molecular complexity index is 513. The average Bonchev–Trinajstić information content (AvgIpc) is 2.41. The van der Waals surface area contributed by atoms with Crippen molar-refractivity contribution in [3.8, 4) is 5.75 Å². The smallest absolute Gasteiger partial charge is 0.133 e. The summed E-state index contributed by atoms with van der Waals surface area (Å²) in [6.07, 6.45) is 0. The molecule has 0 fully saturated rings. The molecule has 1 unspecified atom stereocenters. The predicted molar refractivity (Wildman–Crippen MR) is 79.4 cm³/mol. The number of rotatable bonds is 4. The van der Waals surface area contributed by atoms with Gasteiger partial charge in [0.1, 0.15) is 5.75 Å². The minimum Gasteiger partial charge on any atom is -0.493 e. The monoisotopic (exact) mass is 324 g/mol. The number of benzene rings is 2. The van der Waals surface area contributed by atoms with Gasteiger partial charge in [0.05, 0.1) is 16.5 Å². The number of hydrogen-bond acceptors (Lipinski definition) is 1. The average molecular weight is 326 g/mol. The molecule has 0 saturated carbocycles. The SMILES string of the molecule is CCOc1ccc(C(Cl)c2ccccc2)cc1Br. The van der Waals surface area contributed by atoms with Crippen molar-refractivity contribution in [2.45, 2.75) is 12.3 Å². The minimum atomic E-state index is -0.141. The second-order valence-electron chi connectivity index (χ2n) is 3.90. The molecule has 0 bridgehead atoms. The highest BCUT2D eigenvalue weighted by Gasteiger charge is 2.12. The van der Waals surface area contributed by atoms with Crippen molar-refractivity contribution in [2.75, 3.05) is 6.61 Å². The van der Waals surface area contributed by atoms with Crippen LogP contribution in [0.25, 0.3) is 0 Å². The summed E-state index contributed by atoms with van der Waals surface area (Å²) in [5, 5.41) is -0.141. The fraction of sp³-hybridized carbons (Fsp3) is 0.200. The molecule has 0 aromatic heterocycles. The van der Waals surface area contributed by atoms with Crippen LogP contribution in [0.5, 0.6) is 5.75 Å². The molecule has 0 N–H and O–H groups in total. The predicted octanol–water partition coefficient (Wildman–Crippen LogP) is 5.18. The largest absolute Gasteiger partial charge is 0.493 e. The van der Waals surface area contributed by atoms with Gasteiger partial charge in [-0.15, -0.1) is 11.6 Å². The zero-order valence-electron chi connectivity index (χ0n) is 10.1. The fourth-order valence-electron chi connectivity index (χ4n) is 1.76. The van der Waals surface area contributed by atoms with Crippen LogP contribution in [0, 0.1) is 0 Å². The van der Waals surface area contributed by atoms with Crippen LogP contribution in [0.4, 0.5) is 0 Å². The van der Waals surface area contributed by atoms with Crippen LogP contribution in [0.2, 0.25) is 0 Å². The summed E-state index contributed by atoms with van der Waals surface area (Å²) in [4.78, 5) is 0. The summed E-state index contributed by atoms with van der Waals surface area (Å²) in [7, 11) is 0. The number of hydrogen-bond donors (Lipinski definition) is 0. The highest BCUT2D eigenvalue weighted by atomic mass is 79.9. The molecule has 2 aromatic rings. The van der Waals surface area contributed by atoms with Gasteiger partial charge in [-0.05, 0) is 46.1 Å². The van der Waals surface area contributed by atoms with E-state index < -0.39 is 0 Å². The van der Waals surface area contributed by atoms with Crippen molar-refractivity contribution >= 4 is 27.5 Å². The lowest BCUT2D eigenvalue weighted by Gasteiger charge is -2.12. The van der Waals surface area contributed by atoms with E-state index in [9.17, 15) is 0 Å². The Morgan fingerprint density at radius 1 is 1.11 bits per heavy atom. The van der Waals surface area contributed by atoms with Crippen molar-refractivity contribution in [3.63, 3.8) is 0 Å². The summed E-state index contributed by atoms with van der Waals surface area (Å²) < 4.78 is 6.42. The molecule has 2 rings (SSSR count). The first-order valence-corrected chi connectivity index (χ1v) is 7.06. The molecular formula is C15H14BrClO. The third-order valence-corrected chi connectivity index (χ3v) is 3.76. The van der Waals surface area contributed by atoms with E-state index >= 15 is 0 Å². The maximum absolute atomic E-state index is 6.47. The fourth-order valence-corrected chi connectivity index (χ4v) is 2.55. The molecule has 0 radical (unpaired) electrons. The van der Waals surface area contributed by atoms with Gasteiger partial charge in [0.25, 0.3) is 0 Å². The lowest BCUT2D eigenvalue weighted by molar-refractivity contribution is 0.338. The number of ether oxygens (including phenoxy) is 1. The quantitative estimate of drug-likeness (QED) is 0.704. The molecule has 1 atom stereocenters. The van der Waals surface area contributed by atoms with E-state index in [0.717, 1.165) is 21.3 Å². The summed E-state index contributed by atoms with van der Waals surface area (Å²) in [5.41, 5.74) is 2.15. The van der Waals surface area contributed by atoms with Gasteiger partial charge in [-0.3, -0.25) is 0 Å². The summed E-state index contributed by atoms with van der Waals surface area (Å²) in [6, 6.07) is 16.0. The molecule has 0 aliphatic heterocycles. The number of halogens is 2. The van der Waals surface area contributed by atoms with Gasteiger partial charge in [0.15, 0.2) is 0 Å². The van der Waals surface area contributed by atoms with Crippen LogP contribution < -0.4 is 4.74 Å². The molecule has 0 aliphatic rings. The van der Waals surface area contributed by atoms with Gasteiger partial charge in [-0.2, -0.15) is 0 Å². The van der Waals surface area contributed by atoms with Crippen LogP contribution in [-0.4, -0.2) is 6.61 Å². The third-order valence-electron chi connectivity index (χ3n) is 2.64. The van der Waals surface area contributed by atoms with E-state index in [0.29, 0.717) is 6.61 Å². The zero-order valence-corrected chi connectivity index (χ0v) is 12.4. The highest BCUT2D eigenvalue weighted by Crippen LogP contribution is 2.34. The maximum Gasteiger partial charge on any atom is 0.133 e. The summed E-state index contributed by atoms with van der Waals surface area (Å²) >= 11 is 9.98. The molecule has 94 valence electrons. The van der Waals surface area contributed by atoms with E-state index in [1.54, 1.807) is 0 Å². The van der Waals surface area contributed by atoms with Gasteiger partial charge in [-0.25, -0.2) is 0 Å².